The van der Waals surface area contributed by atoms with E-state index in [9.17, 15) is 18.0 Å². The Morgan fingerprint density at radius 1 is 1.37 bits per heavy atom. The first-order valence-corrected chi connectivity index (χ1v) is 6.15. The molecule has 1 aromatic heterocycles. The molecule has 108 valence electrons. The number of nitrogens with zero attached hydrogens (tertiary/aromatic N) is 1. The highest BCUT2D eigenvalue weighted by atomic mass is 19.4. The van der Waals surface area contributed by atoms with Crippen molar-refractivity contribution in [3.05, 3.63) is 24.0 Å². The Bertz CT molecular complexity index is 410. The Balaban J connectivity index is 2.37. The predicted octanol–water partition coefficient (Wildman–Crippen LogP) is 3.30. The molecule has 19 heavy (non-hydrogen) atoms. The predicted molar refractivity (Wildman–Crippen MR) is 65.1 cm³/mol. The topological polar surface area (TPSA) is 31.2 Å². The highest BCUT2D eigenvalue weighted by Crippen LogP contribution is 2.21. The van der Waals surface area contributed by atoms with Crippen LogP contribution in [0.5, 0.6) is 0 Å². The van der Waals surface area contributed by atoms with Crippen molar-refractivity contribution >= 4 is 5.78 Å². The van der Waals surface area contributed by atoms with Crippen LogP contribution in [-0.4, -0.2) is 29.7 Å². The van der Waals surface area contributed by atoms with Gasteiger partial charge in [-0.05, 0) is 18.4 Å². The number of Topliss-reactive ketones (excluding diaryl/α,β-unsaturated/α-hetero) is 1. The second-order valence-electron chi connectivity index (χ2n) is 4.76. The van der Waals surface area contributed by atoms with Crippen LogP contribution in [0.15, 0.2) is 18.5 Å². The number of carbonyl (C=O) groups excluding carboxylic acids is 1. The van der Waals surface area contributed by atoms with Gasteiger partial charge in [0.15, 0.2) is 0 Å². The second kappa shape index (κ2) is 6.75. The van der Waals surface area contributed by atoms with Crippen molar-refractivity contribution in [1.82, 2.24) is 4.57 Å². The molecule has 0 saturated carbocycles. The first-order chi connectivity index (χ1) is 8.80. The summed E-state index contributed by atoms with van der Waals surface area (Å²) in [5, 5.41) is 0. The largest absolute Gasteiger partial charge is 0.454 e. The fourth-order valence-corrected chi connectivity index (χ4v) is 1.47. The fraction of sp³-hybridized carbons (Fsp3) is 0.615. The van der Waals surface area contributed by atoms with Crippen LogP contribution >= 0.6 is 0 Å². The molecule has 0 fully saturated rings. The standard InChI is InChI=1S/C13H18F3NO2/c1-10(2)4-7-19-8-6-17-5-3-11(9-17)12(18)13(14,15)16/h3,5,9-10H,4,6-8H2,1-2H3. The molecule has 0 saturated heterocycles. The van der Waals surface area contributed by atoms with Crippen LogP contribution in [0.1, 0.15) is 30.6 Å². The van der Waals surface area contributed by atoms with Crippen molar-refractivity contribution in [2.45, 2.75) is 33.0 Å². The molecule has 0 aliphatic heterocycles. The van der Waals surface area contributed by atoms with Crippen molar-refractivity contribution in [2.75, 3.05) is 13.2 Å². The normalized spacial score (nSPS) is 12.1. The Kier molecular flexibility index (Phi) is 5.60. The molecule has 0 atom stereocenters. The van der Waals surface area contributed by atoms with Gasteiger partial charge in [0.05, 0.1) is 6.61 Å². The first kappa shape index (κ1) is 15.8. The van der Waals surface area contributed by atoms with Crippen molar-refractivity contribution < 1.29 is 22.7 Å². The number of carbonyl (C=O) groups is 1. The van der Waals surface area contributed by atoms with E-state index in [-0.39, 0.29) is 5.56 Å². The molecule has 0 aliphatic carbocycles. The summed E-state index contributed by atoms with van der Waals surface area (Å²) in [5.41, 5.74) is -0.338. The van der Waals surface area contributed by atoms with Gasteiger partial charge in [-0.15, -0.1) is 0 Å². The zero-order chi connectivity index (χ0) is 14.5. The summed E-state index contributed by atoms with van der Waals surface area (Å²) in [6.07, 6.45) is -1.23. The van der Waals surface area contributed by atoms with Crippen LogP contribution in [0.2, 0.25) is 0 Å². The molecular formula is C13H18F3NO2. The van der Waals surface area contributed by atoms with E-state index in [1.807, 2.05) is 0 Å². The third-order valence-electron chi connectivity index (χ3n) is 2.60. The molecule has 3 nitrogen and oxygen atoms in total. The molecule has 0 amide bonds. The summed E-state index contributed by atoms with van der Waals surface area (Å²) >= 11 is 0. The van der Waals surface area contributed by atoms with Crippen LogP contribution in [0.4, 0.5) is 13.2 Å². The lowest BCUT2D eigenvalue weighted by molar-refractivity contribution is -0.0885. The third kappa shape index (κ3) is 5.46. The summed E-state index contributed by atoms with van der Waals surface area (Å²) in [4.78, 5) is 11.0. The lowest BCUT2D eigenvalue weighted by Gasteiger charge is -2.07. The average Bonchev–Trinajstić information content (AvgIpc) is 2.74. The van der Waals surface area contributed by atoms with E-state index in [1.165, 1.54) is 23.0 Å². The van der Waals surface area contributed by atoms with E-state index in [4.69, 9.17) is 4.74 Å². The van der Waals surface area contributed by atoms with Gasteiger partial charge >= 0.3 is 6.18 Å². The van der Waals surface area contributed by atoms with Gasteiger partial charge in [0.1, 0.15) is 0 Å². The van der Waals surface area contributed by atoms with Crippen LogP contribution in [0.3, 0.4) is 0 Å². The van der Waals surface area contributed by atoms with Crippen LogP contribution in [-0.2, 0) is 11.3 Å². The Morgan fingerprint density at radius 3 is 2.63 bits per heavy atom. The summed E-state index contributed by atoms with van der Waals surface area (Å²) < 4.78 is 43.4. The summed E-state index contributed by atoms with van der Waals surface area (Å²) in [5.74, 6) is -1.26. The van der Waals surface area contributed by atoms with E-state index in [0.29, 0.717) is 25.7 Å². The van der Waals surface area contributed by atoms with Gasteiger partial charge in [0.2, 0.25) is 0 Å². The molecular weight excluding hydrogens is 259 g/mol. The Hall–Kier alpha value is -1.30. The molecule has 0 radical (unpaired) electrons. The van der Waals surface area contributed by atoms with E-state index in [1.54, 1.807) is 0 Å². The minimum Gasteiger partial charge on any atom is -0.380 e. The molecule has 1 heterocycles. The Labute approximate surface area is 110 Å². The van der Waals surface area contributed by atoms with E-state index < -0.39 is 12.0 Å². The monoisotopic (exact) mass is 277 g/mol. The molecule has 0 N–H and O–H groups in total. The molecule has 6 heteroatoms. The summed E-state index contributed by atoms with van der Waals surface area (Å²) in [6, 6.07) is 1.17. The van der Waals surface area contributed by atoms with Gasteiger partial charge in [0, 0.05) is 31.1 Å². The summed E-state index contributed by atoms with van der Waals surface area (Å²) in [7, 11) is 0. The average molecular weight is 277 g/mol. The van der Waals surface area contributed by atoms with Crippen molar-refractivity contribution in [3.63, 3.8) is 0 Å². The molecule has 1 aromatic rings. The van der Waals surface area contributed by atoms with Gasteiger partial charge in [-0.1, -0.05) is 13.8 Å². The lowest BCUT2D eigenvalue weighted by atomic mass is 10.1. The molecule has 0 spiro atoms. The van der Waals surface area contributed by atoms with Crippen LogP contribution < -0.4 is 0 Å². The number of aromatic nitrogens is 1. The zero-order valence-corrected chi connectivity index (χ0v) is 11.0. The van der Waals surface area contributed by atoms with E-state index >= 15 is 0 Å². The zero-order valence-electron chi connectivity index (χ0n) is 11.0. The van der Waals surface area contributed by atoms with Crippen LogP contribution in [0.25, 0.3) is 0 Å². The SMILES string of the molecule is CC(C)CCOCCn1ccc(C(=O)C(F)(F)F)c1. The van der Waals surface area contributed by atoms with Crippen molar-refractivity contribution in [2.24, 2.45) is 5.92 Å². The van der Waals surface area contributed by atoms with Gasteiger partial charge < -0.3 is 9.30 Å². The maximum atomic E-state index is 12.2. The fourth-order valence-electron chi connectivity index (χ4n) is 1.47. The molecule has 0 bridgehead atoms. The number of alkyl halides is 3. The van der Waals surface area contributed by atoms with Gasteiger partial charge in [-0.3, -0.25) is 4.79 Å². The van der Waals surface area contributed by atoms with Crippen LogP contribution in [0, 0.1) is 5.92 Å². The quantitative estimate of drug-likeness (QED) is 0.565. The van der Waals surface area contributed by atoms with E-state index in [0.717, 1.165) is 6.42 Å². The second-order valence-corrected chi connectivity index (χ2v) is 4.76. The minimum atomic E-state index is -4.82. The Morgan fingerprint density at radius 2 is 2.05 bits per heavy atom. The number of halogens is 3. The molecule has 1 rings (SSSR count). The van der Waals surface area contributed by atoms with Crippen molar-refractivity contribution in [3.8, 4) is 0 Å². The lowest BCUT2D eigenvalue weighted by Crippen LogP contribution is -2.22. The third-order valence-corrected chi connectivity index (χ3v) is 2.60. The molecule has 0 aliphatic rings. The van der Waals surface area contributed by atoms with Gasteiger partial charge in [-0.2, -0.15) is 13.2 Å². The number of hydrogen-bond acceptors (Lipinski definition) is 2. The van der Waals surface area contributed by atoms with Gasteiger partial charge in [-0.25, -0.2) is 0 Å². The minimum absolute atomic E-state index is 0.338. The highest BCUT2D eigenvalue weighted by Gasteiger charge is 2.39. The smallest absolute Gasteiger partial charge is 0.380 e. The number of ketones is 1. The number of rotatable bonds is 7. The highest BCUT2D eigenvalue weighted by molar-refractivity contribution is 6.00. The van der Waals surface area contributed by atoms with Crippen molar-refractivity contribution in [1.29, 1.82) is 0 Å². The first-order valence-electron chi connectivity index (χ1n) is 6.15. The maximum Gasteiger partial charge on any atom is 0.454 e. The maximum absolute atomic E-state index is 12.2. The number of ether oxygens (including phenoxy) is 1. The van der Waals surface area contributed by atoms with Gasteiger partial charge in [0.25, 0.3) is 5.78 Å². The molecule has 0 unspecified atom stereocenters. The summed E-state index contributed by atoms with van der Waals surface area (Å²) in [6.45, 7) is 5.66. The number of hydrogen-bond donors (Lipinski definition) is 0. The molecule has 0 aromatic carbocycles. The van der Waals surface area contributed by atoms with E-state index in [2.05, 4.69) is 13.8 Å².